The Kier molecular flexibility index (Phi) is 64.9. The second kappa shape index (κ2) is 69.3. The van der Waals surface area contributed by atoms with Crippen molar-refractivity contribution in [1.82, 2.24) is 0 Å². The number of esters is 3. The molecule has 0 aromatic heterocycles. The van der Waals surface area contributed by atoms with Gasteiger partial charge >= 0.3 is 17.9 Å². The molecule has 0 aliphatic rings. The third-order valence-electron chi connectivity index (χ3n) is 13.7. The van der Waals surface area contributed by atoms with Gasteiger partial charge in [-0.1, -0.05) is 281 Å². The van der Waals surface area contributed by atoms with Crippen molar-refractivity contribution >= 4 is 17.9 Å². The maximum Gasteiger partial charge on any atom is 0.306 e. The van der Waals surface area contributed by atoms with Gasteiger partial charge in [-0.05, 0) is 148 Å². The number of rotatable bonds is 59. The molecule has 0 aromatic rings. The molecule has 0 spiro atoms. The zero-order chi connectivity index (χ0) is 59.9. The maximum atomic E-state index is 12.9. The lowest BCUT2D eigenvalue weighted by atomic mass is 10.1. The largest absolute Gasteiger partial charge is 0.462 e. The van der Waals surface area contributed by atoms with E-state index in [-0.39, 0.29) is 44.0 Å². The molecule has 0 N–H and O–H groups in total. The molecule has 0 bridgehead atoms. The molecule has 0 aliphatic heterocycles. The Morgan fingerprint density at radius 1 is 0.253 bits per heavy atom. The van der Waals surface area contributed by atoms with E-state index in [1.165, 1.54) is 89.9 Å². The molecule has 0 aliphatic carbocycles. The van der Waals surface area contributed by atoms with Crippen molar-refractivity contribution in [1.29, 1.82) is 0 Å². The fourth-order valence-corrected chi connectivity index (χ4v) is 8.72. The minimum absolute atomic E-state index is 0.115. The van der Waals surface area contributed by atoms with Gasteiger partial charge in [0.15, 0.2) is 6.10 Å². The van der Waals surface area contributed by atoms with E-state index in [2.05, 4.69) is 191 Å². The standard InChI is InChI=1S/C77H122O6/c1-4-7-10-13-16-19-22-25-28-31-34-36-38-40-43-46-49-52-55-58-61-64-67-70-76(79)82-73-74(72-81-75(78)69-66-63-60-57-54-51-48-45-42-33-30-27-24-21-18-15-12-9-6-3)83-77(80)71-68-65-62-59-56-53-50-47-44-41-39-37-35-32-29-26-23-20-17-14-11-8-5-2/h7-8,10-11,16-17,19-20,25-30,34-37,40-41,43-44,49-50,52-53,58,61,74H,4-6,9,12-15,18,21-24,31-33,38-39,42,45-48,51,54-57,59-60,62-73H2,1-3H3/b10-7-,11-8-,19-16-,20-17-,28-25-,29-26-,30-27-,36-34-,37-35-,43-40-,44-41-,52-49-,53-50-,61-58-. The van der Waals surface area contributed by atoms with Crippen LogP contribution in [0.4, 0.5) is 0 Å². The van der Waals surface area contributed by atoms with Crippen LogP contribution >= 0.6 is 0 Å². The number of unbranched alkanes of at least 4 members (excludes halogenated alkanes) is 20. The number of carbonyl (C=O) groups excluding carboxylic acids is 3. The Hall–Kier alpha value is -5.23. The summed E-state index contributed by atoms with van der Waals surface area (Å²) in [4.78, 5) is 38.4. The Labute approximate surface area is 511 Å². The molecular formula is C77H122O6. The summed E-state index contributed by atoms with van der Waals surface area (Å²) < 4.78 is 16.9. The first-order valence-electron chi connectivity index (χ1n) is 33.6. The minimum atomic E-state index is -0.828. The van der Waals surface area contributed by atoms with Gasteiger partial charge in [-0.25, -0.2) is 0 Å². The second-order valence-electron chi connectivity index (χ2n) is 21.6. The van der Waals surface area contributed by atoms with E-state index in [0.717, 1.165) is 141 Å². The van der Waals surface area contributed by atoms with Gasteiger partial charge < -0.3 is 14.2 Å². The molecule has 0 aromatic carbocycles. The van der Waals surface area contributed by atoms with Crippen LogP contribution in [0, 0.1) is 0 Å². The van der Waals surface area contributed by atoms with Crippen molar-refractivity contribution in [2.24, 2.45) is 0 Å². The summed E-state index contributed by atoms with van der Waals surface area (Å²) in [5, 5.41) is 0. The molecule has 0 fully saturated rings. The lowest BCUT2D eigenvalue weighted by molar-refractivity contribution is -0.167. The highest BCUT2D eigenvalue weighted by molar-refractivity contribution is 5.71. The van der Waals surface area contributed by atoms with Crippen LogP contribution in [0.25, 0.3) is 0 Å². The van der Waals surface area contributed by atoms with Gasteiger partial charge in [0.05, 0.1) is 0 Å². The number of hydrogen-bond acceptors (Lipinski definition) is 6. The molecule has 1 unspecified atom stereocenters. The van der Waals surface area contributed by atoms with Crippen molar-refractivity contribution in [3.05, 3.63) is 170 Å². The van der Waals surface area contributed by atoms with Crippen LogP contribution in [0.15, 0.2) is 170 Å². The van der Waals surface area contributed by atoms with E-state index in [1.807, 2.05) is 0 Å². The zero-order valence-electron chi connectivity index (χ0n) is 53.4. The topological polar surface area (TPSA) is 78.9 Å². The van der Waals surface area contributed by atoms with Crippen LogP contribution < -0.4 is 0 Å². The van der Waals surface area contributed by atoms with Gasteiger partial charge in [0, 0.05) is 19.3 Å². The summed E-state index contributed by atoms with van der Waals surface area (Å²) in [5.74, 6) is -1.01. The van der Waals surface area contributed by atoms with Crippen molar-refractivity contribution < 1.29 is 28.6 Å². The first kappa shape index (κ1) is 77.8. The Bertz CT molecular complexity index is 1890. The molecule has 1 atom stereocenters. The summed E-state index contributed by atoms with van der Waals surface area (Å²) in [6, 6.07) is 0. The van der Waals surface area contributed by atoms with Crippen LogP contribution in [0.2, 0.25) is 0 Å². The Morgan fingerprint density at radius 2 is 0.482 bits per heavy atom. The van der Waals surface area contributed by atoms with Gasteiger partial charge in [-0.2, -0.15) is 0 Å². The van der Waals surface area contributed by atoms with Crippen LogP contribution in [0.3, 0.4) is 0 Å². The third-order valence-corrected chi connectivity index (χ3v) is 13.7. The number of ether oxygens (including phenoxy) is 3. The predicted molar refractivity (Wildman–Crippen MR) is 361 cm³/mol. The highest BCUT2D eigenvalue weighted by Gasteiger charge is 2.19. The number of hydrogen-bond donors (Lipinski definition) is 0. The quantitative estimate of drug-likeness (QED) is 0.0261. The SMILES string of the molecule is CC/C=C\C/C=C\C/C=C\C/C=C\C/C=C\C/C=C\C/C=C\CCCC(=O)OCC(COC(=O)CCCCCCCCCCC/C=C\CCCCCCCC)OC(=O)CCCCCC/C=C\C/C=C\C/C=C\C/C=C\C/C=C\C/C=C\CC. The van der Waals surface area contributed by atoms with E-state index < -0.39 is 6.10 Å². The Morgan fingerprint density at radius 3 is 0.795 bits per heavy atom. The minimum Gasteiger partial charge on any atom is -0.462 e. The van der Waals surface area contributed by atoms with E-state index in [4.69, 9.17) is 14.2 Å². The summed E-state index contributed by atoms with van der Waals surface area (Å²) in [6.07, 6.45) is 102. The molecule has 0 amide bonds. The lowest BCUT2D eigenvalue weighted by Gasteiger charge is -2.18. The molecule has 6 heteroatoms. The van der Waals surface area contributed by atoms with Crippen molar-refractivity contribution in [2.75, 3.05) is 13.2 Å². The molecule has 0 rings (SSSR count). The van der Waals surface area contributed by atoms with E-state index in [1.54, 1.807) is 0 Å². The van der Waals surface area contributed by atoms with Gasteiger partial charge in [0.2, 0.25) is 0 Å². The van der Waals surface area contributed by atoms with Crippen molar-refractivity contribution in [2.45, 2.75) is 284 Å². The lowest BCUT2D eigenvalue weighted by Crippen LogP contribution is -2.30. The molecule has 83 heavy (non-hydrogen) atoms. The second-order valence-corrected chi connectivity index (χ2v) is 21.6. The third kappa shape index (κ3) is 67.4. The smallest absolute Gasteiger partial charge is 0.306 e. The first-order valence-corrected chi connectivity index (χ1v) is 33.6. The average Bonchev–Trinajstić information content (AvgIpc) is 3.49. The van der Waals surface area contributed by atoms with Crippen LogP contribution in [0.5, 0.6) is 0 Å². The fourth-order valence-electron chi connectivity index (χ4n) is 8.72. The molecule has 0 saturated carbocycles. The van der Waals surface area contributed by atoms with Crippen molar-refractivity contribution in [3.8, 4) is 0 Å². The Balaban J connectivity index is 4.58. The van der Waals surface area contributed by atoms with Gasteiger partial charge in [0.25, 0.3) is 0 Å². The molecule has 466 valence electrons. The summed E-state index contributed by atoms with van der Waals surface area (Å²) in [6.45, 7) is 6.34. The summed E-state index contributed by atoms with van der Waals surface area (Å²) >= 11 is 0. The van der Waals surface area contributed by atoms with Crippen LogP contribution in [-0.4, -0.2) is 37.2 Å². The van der Waals surface area contributed by atoms with E-state index in [9.17, 15) is 14.4 Å². The molecular weight excluding hydrogens is 1020 g/mol. The fraction of sp³-hybridized carbons (Fsp3) is 0.597. The monoisotopic (exact) mass is 1140 g/mol. The normalized spacial score (nSPS) is 13.2. The predicted octanol–water partition coefficient (Wildman–Crippen LogP) is 23.4. The molecule has 0 radical (unpaired) electrons. The molecule has 0 heterocycles. The summed E-state index contributed by atoms with van der Waals surface area (Å²) in [7, 11) is 0. The van der Waals surface area contributed by atoms with Crippen LogP contribution in [0.1, 0.15) is 278 Å². The van der Waals surface area contributed by atoms with Gasteiger partial charge in [-0.15, -0.1) is 0 Å². The van der Waals surface area contributed by atoms with Gasteiger partial charge in [-0.3, -0.25) is 14.4 Å². The first-order chi connectivity index (χ1) is 41.0. The summed E-state index contributed by atoms with van der Waals surface area (Å²) in [5.41, 5.74) is 0. The zero-order valence-corrected chi connectivity index (χ0v) is 53.4. The average molecular weight is 1140 g/mol. The molecule has 0 saturated heterocycles. The van der Waals surface area contributed by atoms with Crippen LogP contribution in [-0.2, 0) is 28.6 Å². The highest BCUT2D eigenvalue weighted by atomic mass is 16.6. The number of allylic oxidation sites excluding steroid dienone is 28. The molecule has 6 nitrogen and oxygen atoms in total. The van der Waals surface area contributed by atoms with Crippen molar-refractivity contribution in [3.63, 3.8) is 0 Å². The maximum absolute atomic E-state index is 12.9. The van der Waals surface area contributed by atoms with Gasteiger partial charge in [0.1, 0.15) is 13.2 Å². The highest BCUT2D eigenvalue weighted by Crippen LogP contribution is 2.14. The number of carbonyl (C=O) groups is 3. The van der Waals surface area contributed by atoms with E-state index >= 15 is 0 Å². The van der Waals surface area contributed by atoms with E-state index in [0.29, 0.717) is 12.8 Å².